The summed E-state index contributed by atoms with van der Waals surface area (Å²) in [4.78, 5) is 0. The number of hydrogen-bond acceptors (Lipinski definition) is 2. The fourth-order valence-corrected chi connectivity index (χ4v) is 8.24. The van der Waals surface area contributed by atoms with Crippen LogP contribution in [0, 0.1) is 0 Å². The van der Waals surface area contributed by atoms with Crippen molar-refractivity contribution in [1.29, 1.82) is 0 Å². The third-order valence-electron chi connectivity index (χ3n) is 5.99. The molecule has 3 aromatic rings. The predicted octanol–water partition coefficient (Wildman–Crippen LogP) is 5.45. The maximum atomic E-state index is 15.1. The van der Waals surface area contributed by atoms with Crippen molar-refractivity contribution in [3.8, 4) is 0 Å². The Hall–Kier alpha value is -2.15. The van der Waals surface area contributed by atoms with Gasteiger partial charge in [-0.15, -0.1) is 0 Å². The average Bonchev–Trinajstić information content (AvgIpc) is 2.79. The second-order valence-electron chi connectivity index (χ2n) is 7.71. The molecule has 1 aliphatic rings. The van der Waals surface area contributed by atoms with E-state index < -0.39 is 12.4 Å². The van der Waals surface area contributed by atoms with Gasteiger partial charge in [0.1, 0.15) is 0 Å². The summed E-state index contributed by atoms with van der Waals surface area (Å²) in [5, 5.41) is 5.35. The van der Waals surface area contributed by atoms with Crippen molar-refractivity contribution < 1.29 is 4.57 Å². The Labute approximate surface area is 168 Å². The monoisotopic (exact) mass is 389 g/mol. The Morgan fingerprint density at radius 2 is 1.14 bits per heavy atom. The molecule has 0 amide bonds. The Balaban J connectivity index is 1.81. The van der Waals surface area contributed by atoms with E-state index >= 15 is 4.57 Å². The van der Waals surface area contributed by atoms with Crippen molar-refractivity contribution in [2.24, 2.45) is 0 Å². The van der Waals surface area contributed by atoms with E-state index in [-0.39, 0.29) is 0 Å². The van der Waals surface area contributed by atoms with E-state index in [1.54, 1.807) is 0 Å². The van der Waals surface area contributed by atoms with E-state index in [9.17, 15) is 0 Å². The van der Waals surface area contributed by atoms with Crippen LogP contribution in [0.25, 0.3) is 0 Å². The summed E-state index contributed by atoms with van der Waals surface area (Å²) < 4.78 is 15.1. The largest absolute Gasteiger partial charge is 0.312 e. The van der Waals surface area contributed by atoms with Gasteiger partial charge in [0.2, 0.25) is 0 Å². The molecule has 0 saturated heterocycles. The van der Waals surface area contributed by atoms with E-state index in [2.05, 4.69) is 29.6 Å². The Morgan fingerprint density at radius 3 is 1.64 bits per heavy atom. The average molecular weight is 389 g/mol. The highest BCUT2D eigenvalue weighted by atomic mass is 31.2. The lowest BCUT2D eigenvalue weighted by molar-refractivity contribution is 0.318. The molecule has 0 bridgehead atoms. The Kier molecular flexibility index (Phi) is 5.80. The minimum atomic E-state index is -2.88. The van der Waals surface area contributed by atoms with Crippen LogP contribution >= 0.6 is 7.14 Å². The summed E-state index contributed by atoms with van der Waals surface area (Å²) in [6, 6.07) is 30.7. The van der Waals surface area contributed by atoms with E-state index in [0.717, 1.165) is 42.8 Å². The van der Waals surface area contributed by atoms with Gasteiger partial charge in [0.05, 0.1) is 5.28 Å². The first-order valence-corrected chi connectivity index (χ1v) is 12.0. The van der Waals surface area contributed by atoms with Crippen LogP contribution in [0.3, 0.4) is 0 Å². The van der Waals surface area contributed by atoms with Crippen LogP contribution in [0.2, 0.25) is 0 Å². The van der Waals surface area contributed by atoms with Gasteiger partial charge in [-0.05, 0) is 18.4 Å². The topological polar surface area (TPSA) is 29.1 Å². The summed E-state index contributed by atoms with van der Waals surface area (Å²) in [5.74, 6) is 0. The summed E-state index contributed by atoms with van der Waals surface area (Å²) in [5.41, 5.74) is 1.24. The maximum absolute atomic E-state index is 15.1. The lowest BCUT2D eigenvalue weighted by atomic mass is 9.94. The fourth-order valence-electron chi connectivity index (χ4n) is 4.52. The second kappa shape index (κ2) is 8.47. The van der Waals surface area contributed by atoms with E-state index in [4.69, 9.17) is 0 Å². The second-order valence-corrected chi connectivity index (χ2v) is 10.8. The zero-order valence-corrected chi connectivity index (χ0v) is 17.2. The first-order valence-electron chi connectivity index (χ1n) is 10.2. The molecule has 2 nitrogen and oxygen atoms in total. The van der Waals surface area contributed by atoms with E-state index in [0.29, 0.717) is 0 Å². The molecule has 0 heterocycles. The van der Waals surface area contributed by atoms with Crippen molar-refractivity contribution in [2.75, 3.05) is 0 Å². The van der Waals surface area contributed by atoms with Crippen LogP contribution in [0.1, 0.15) is 37.7 Å². The van der Waals surface area contributed by atoms with Crippen LogP contribution in [-0.4, -0.2) is 5.28 Å². The molecule has 1 N–H and O–H groups in total. The zero-order chi connectivity index (χ0) is 19.3. The summed E-state index contributed by atoms with van der Waals surface area (Å²) in [7, 11) is -2.88. The molecule has 0 aromatic heterocycles. The fraction of sp³-hybridized carbons (Fsp3) is 0.280. The smallest absolute Gasteiger partial charge is 0.162 e. The van der Waals surface area contributed by atoms with Crippen LogP contribution in [0.15, 0.2) is 91.0 Å². The first kappa shape index (κ1) is 19.2. The number of nitrogens with one attached hydrogen (secondary N) is 1. The highest BCUT2D eigenvalue weighted by Gasteiger charge is 2.50. The molecule has 28 heavy (non-hydrogen) atoms. The first-order chi connectivity index (χ1) is 13.7. The molecular weight excluding hydrogens is 361 g/mol. The van der Waals surface area contributed by atoms with Crippen molar-refractivity contribution in [3.05, 3.63) is 96.6 Å². The van der Waals surface area contributed by atoms with Gasteiger partial charge in [-0.25, -0.2) is 0 Å². The van der Waals surface area contributed by atoms with Gasteiger partial charge in [0.15, 0.2) is 7.14 Å². The third-order valence-corrected chi connectivity index (χ3v) is 9.85. The molecule has 3 aromatic carbocycles. The molecule has 0 aliphatic heterocycles. The van der Waals surface area contributed by atoms with E-state index in [1.165, 1.54) is 12.0 Å². The maximum Gasteiger partial charge on any atom is 0.162 e. The molecular formula is C25H28NOP. The van der Waals surface area contributed by atoms with Gasteiger partial charge in [-0.2, -0.15) is 0 Å². The van der Waals surface area contributed by atoms with Crippen LogP contribution in [-0.2, 0) is 11.1 Å². The number of rotatable bonds is 6. The molecule has 0 atom stereocenters. The van der Waals surface area contributed by atoms with Gasteiger partial charge >= 0.3 is 0 Å². The molecule has 144 valence electrons. The zero-order valence-electron chi connectivity index (χ0n) is 16.3. The lowest BCUT2D eigenvalue weighted by Crippen LogP contribution is -2.50. The highest BCUT2D eigenvalue weighted by Crippen LogP contribution is 2.60. The molecule has 0 spiro atoms. The molecule has 0 unspecified atom stereocenters. The third kappa shape index (κ3) is 3.60. The molecule has 4 rings (SSSR count). The van der Waals surface area contributed by atoms with Crippen molar-refractivity contribution in [1.82, 2.24) is 5.32 Å². The van der Waals surface area contributed by atoms with Crippen molar-refractivity contribution >= 4 is 17.8 Å². The van der Waals surface area contributed by atoms with Gasteiger partial charge < -0.3 is 9.88 Å². The van der Waals surface area contributed by atoms with Gasteiger partial charge in [0.25, 0.3) is 0 Å². The van der Waals surface area contributed by atoms with Crippen LogP contribution in [0.5, 0.6) is 0 Å². The quantitative estimate of drug-likeness (QED) is 0.568. The normalized spacial score (nSPS) is 16.6. The van der Waals surface area contributed by atoms with Crippen molar-refractivity contribution in [2.45, 2.75) is 43.9 Å². The van der Waals surface area contributed by atoms with Gasteiger partial charge in [-0.3, -0.25) is 0 Å². The lowest BCUT2D eigenvalue weighted by Gasteiger charge is -2.45. The number of benzene rings is 3. The Morgan fingerprint density at radius 1 is 0.679 bits per heavy atom. The predicted molar refractivity (Wildman–Crippen MR) is 119 cm³/mol. The molecule has 0 radical (unpaired) electrons. The molecule has 1 fully saturated rings. The molecule has 1 saturated carbocycles. The van der Waals surface area contributed by atoms with E-state index in [1.807, 2.05) is 66.7 Å². The van der Waals surface area contributed by atoms with Crippen LogP contribution in [0.4, 0.5) is 0 Å². The summed E-state index contributed by atoms with van der Waals surface area (Å²) in [6.07, 6.45) is 5.34. The SMILES string of the molecule is O=P(c1ccccc1)(c1ccccc1)C1(NCc2ccccc2)CCCCC1. The Bertz CT molecular complexity index is 875. The van der Waals surface area contributed by atoms with Crippen molar-refractivity contribution in [3.63, 3.8) is 0 Å². The molecule has 3 heteroatoms. The molecule has 1 aliphatic carbocycles. The summed E-state index contributed by atoms with van der Waals surface area (Å²) >= 11 is 0. The van der Waals surface area contributed by atoms with Crippen LogP contribution < -0.4 is 15.9 Å². The van der Waals surface area contributed by atoms with Gasteiger partial charge in [0, 0.05) is 17.2 Å². The highest BCUT2D eigenvalue weighted by molar-refractivity contribution is 7.80. The minimum absolute atomic E-state index is 0.399. The number of hydrogen-bond donors (Lipinski definition) is 1. The summed E-state index contributed by atoms with van der Waals surface area (Å²) in [6.45, 7) is 0.741. The standard InChI is InChI=1S/C25H28NOP/c27-28(23-15-7-2-8-16-23,24-17-9-3-10-18-24)25(19-11-4-12-20-25)26-21-22-13-5-1-6-14-22/h1-3,5-10,13-18,26H,4,11-12,19-21H2. The van der Waals surface area contributed by atoms with Gasteiger partial charge in [-0.1, -0.05) is 110 Å². The minimum Gasteiger partial charge on any atom is -0.312 e.